The number of hydrogen-bond acceptors (Lipinski definition) is 4. The van der Waals surface area contributed by atoms with Gasteiger partial charge in [-0.2, -0.15) is 10.1 Å². The molecule has 0 saturated heterocycles. The molecule has 0 aromatic heterocycles. The Morgan fingerprint density at radius 3 is 2.70 bits per heavy atom. The van der Waals surface area contributed by atoms with E-state index in [-0.39, 0.29) is 0 Å². The molecule has 10 heavy (non-hydrogen) atoms. The summed E-state index contributed by atoms with van der Waals surface area (Å²) in [4.78, 5) is 10.7. The van der Waals surface area contributed by atoms with Crippen molar-refractivity contribution in [2.24, 2.45) is 10.3 Å². The van der Waals surface area contributed by atoms with Gasteiger partial charge in [0, 0.05) is 7.05 Å². The van der Waals surface area contributed by atoms with Gasteiger partial charge in [-0.1, -0.05) is 5.22 Å². The molecule has 0 fully saturated rings. The summed E-state index contributed by atoms with van der Waals surface area (Å²) in [6.07, 6.45) is -0.492. The lowest BCUT2D eigenvalue weighted by atomic mass is 10.9. The monoisotopic (exact) mass is 145 g/mol. The zero-order chi connectivity index (χ0) is 7.98. The maximum absolute atomic E-state index is 10.7. The van der Waals surface area contributed by atoms with Gasteiger partial charge in [-0.15, -0.1) is 0 Å². The molecule has 0 atom stereocenters. The number of rotatable bonds is 2. The van der Waals surface area contributed by atoms with Crippen molar-refractivity contribution in [2.75, 3.05) is 20.7 Å². The standard InChI is InChI=1S/C5H11N3O2/c1-4-10-5(9)8(3)7-6-2/h4H2,1-3H3. The highest BCUT2D eigenvalue weighted by molar-refractivity contribution is 5.66. The van der Waals surface area contributed by atoms with Crippen LogP contribution in [0.3, 0.4) is 0 Å². The van der Waals surface area contributed by atoms with E-state index in [1.54, 1.807) is 6.92 Å². The molecule has 0 aromatic carbocycles. The van der Waals surface area contributed by atoms with E-state index in [4.69, 9.17) is 0 Å². The first-order valence-corrected chi connectivity index (χ1v) is 2.92. The number of amides is 1. The number of carbonyl (C=O) groups excluding carboxylic acids is 1. The van der Waals surface area contributed by atoms with Crippen molar-refractivity contribution >= 4 is 6.09 Å². The third kappa shape index (κ3) is 3.01. The molecule has 0 heterocycles. The maximum Gasteiger partial charge on any atom is 0.431 e. The summed E-state index contributed by atoms with van der Waals surface area (Å²) in [6, 6.07) is 0. The predicted octanol–water partition coefficient (Wildman–Crippen LogP) is 1.07. The normalized spacial score (nSPS) is 9.90. The molecule has 0 N–H and O–H groups in total. The number of nitrogens with zero attached hydrogens (tertiary/aromatic N) is 3. The topological polar surface area (TPSA) is 54.3 Å². The van der Waals surface area contributed by atoms with Crippen LogP contribution < -0.4 is 0 Å². The van der Waals surface area contributed by atoms with Gasteiger partial charge in [-0.25, -0.2) is 4.79 Å². The lowest BCUT2D eigenvalue weighted by Gasteiger charge is -2.07. The van der Waals surface area contributed by atoms with Gasteiger partial charge in [0.2, 0.25) is 0 Å². The third-order valence-electron chi connectivity index (χ3n) is 0.756. The Hall–Kier alpha value is -1.13. The highest BCUT2D eigenvalue weighted by atomic mass is 16.6. The predicted molar refractivity (Wildman–Crippen MR) is 35.6 cm³/mol. The van der Waals surface area contributed by atoms with Crippen molar-refractivity contribution < 1.29 is 9.53 Å². The minimum absolute atomic E-state index is 0.350. The van der Waals surface area contributed by atoms with E-state index in [2.05, 4.69) is 15.1 Å². The van der Waals surface area contributed by atoms with Crippen molar-refractivity contribution in [3.63, 3.8) is 0 Å². The highest BCUT2D eigenvalue weighted by Gasteiger charge is 2.05. The van der Waals surface area contributed by atoms with Crippen LogP contribution >= 0.6 is 0 Å². The van der Waals surface area contributed by atoms with Gasteiger partial charge in [0.05, 0.1) is 13.7 Å². The zero-order valence-electron chi connectivity index (χ0n) is 6.37. The summed E-state index contributed by atoms with van der Waals surface area (Å²) < 4.78 is 4.59. The Labute approximate surface area is 59.7 Å². The molecule has 0 aromatic rings. The van der Waals surface area contributed by atoms with E-state index >= 15 is 0 Å². The van der Waals surface area contributed by atoms with E-state index < -0.39 is 6.09 Å². The van der Waals surface area contributed by atoms with Crippen LogP contribution in [0.4, 0.5) is 4.79 Å². The third-order valence-corrected chi connectivity index (χ3v) is 0.756. The Balaban J connectivity index is 3.70. The molecule has 0 aliphatic carbocycles. The van der Waals surface area contributed by atoms with Crippen LogP contribution in [0.1, 0.15) is 6.92 Å². The first-order chi connectivity index (χ1) is 4.72. The van der Waals surface area contributed by atoms with E-state index in [1.807, 2.05) is 0 Å². The van der Waals surface area contributed by atoms with Crippen LogP contribution in [-0.4, -0.2) is 31.8 Å². The number of hydrogen-bond donors (Lipinski definition) is 0. The lowest BCUT2D eigenvalue weighted by Crippen LogP contribution is -2.21. The Kier molecular flexibility index (Phi) is 4.19. The molecule has 5 nitrogen and oxygen atoms in total. The molecule has 0 aliphatic heterocycles. The van der Waals surface area contributed by atoms with Crippen molar-refractivity contribution in [3.05, 3.63) is 0 Å². The summed E-state index contributed by atoms with van der Waals surface area (Å²) >= 11 is 0. The highest BCUT2D eigenvalue weighted by Crippen LogP contribution is 1.89. The fraction of sp³-hybridized carbons (Fsp3) is 0.800. The molecule has 0 radical (unpaired) electrons. The van der Waals surface area contributed by atoms with Gasteiger partial charge < -0.3 is 4.74 Å². The van der Waals surface area contributed by atoms with Gasteiger partial charge in [0.15, 0.2) is 0 Å². The number of ether oxygens (including phenoxy) is 1. The minimum Gasteiger partial charge on any atom is -0.448 e. The van der Waals surface area contributed by atoms with Crippen LogP contribution in [0.25, 0.3) is 0 Å². The van der Waals surface area contributed by atoms with Gasteiger partial charge in [0.25, 0.3) is 0 Å². The second kappa shape index (κ2) is 4.72. The quantitative estimate of drug-likeness (QED) is 0.431. The first kappa shape index (κ1) is 8.87. The van der Waals surface area contributed by atoms with Crippen molar-refractivity contribution in [2.45, 2.75) is 6.92 Å². The van der Waals surface area contributed by atoms with Gasteiger partial charge in [-0.05, 0) is 6.92 Å². The largest absolute Gasteiger partial charge is 0.448 e. The summed E-state index contributed by atoms with van der Waals surface area (Å²) in [7, 11) is 2.96. The molecule has 58 valence electrons. The van der Waals surface area contributed by atoms with Gasteiger partial charge in [0.1, 0.15) is 0 Å². The summed E-state index contributed by atoms with van der Waals surface area (Å²) in [5.74, 6) is 0. The Morgan fingerprint density at radius 2 is 2.30 bits per heavy atom. The smallest absolute Gasteiger partial charge is 0.431 e. The molecule has 5 heteroatoms. The molecular weight excluding hydrogens is 134 g/mol. The molecule has 0 unspecified atom stereocenters. The van der Waals surface area contributed by atoms with E-state index in [0.29, 0.717) is 6.61 Å². The summed E-state index contributed by atoms with van der Waals surface area (Å²) in [5.41, 5.74) is 0. The molecule has 0 spiro atoms. The average Bonchev–Trinajstić information content (AvgIpc) is 1.89. The first-order valence-electron chi connectivity index (χ1n) is 2.92. The van der Waals surface area contributed by atoms with Crippen LogP contribution in [0.2, 0.25) is 0 Å². The average molecular weight is 145 g/mol. The van der Waals surface area contributed by atoms with Crippen molar-refractivity contribution in [1.82, 2.24) is 5.01 Å². The zero-order valence-corrected chi connectivity index (χ0v) is 6.37. The fourth-order valence-electron chi connectivity index (χ4n) is 0.388. The van der Waals surface area contributed by atoms with Crippen LogP contribution in [-0.2, 0) is 4.74 Å². The second-order valence-corrected chi connectivity index (χ2v) is 1.51. The van der Waals surface area contributed by atoms with E-state index in [1.165, 1.54) is 14.1 Å². The van der Waals surface area contributed by atoms with E-state index in [9.17, 15) is 4.79 Å². The fourth-order valence-corrected chi connectivity index (χ4v) is 0.388. The maximum atomic E-state index is 10.7. The second-order valence-electron chi connectivity index (χ2n) is 1.51. The molecule has 0 bridgehead atoms. The molecule has 0 aliphatic rings. The van der Waals surface area contributed by atoms with Crippen LogP contribution in [0.5, 0.6) is 0 Å². The van der Waals surface area contributed by atoms with Crippen molar-refractivity contribution in [3.8, 4) is 0 Å². The SMILES string of the molecule is CCOC(=O)N(C)N=NC. The molecule has 0 rings (SSSR count). The Morgan fingerprint density at radius 1 is 1.70 bits per heavy atom. The summed E-state index contributed by atoms with van der Waals surface area (Å²) in [5, 5.41) is 7.85. The van der Waals surface area contributed by atoms with E-state index in [0.717, 1.165) is 5.01 Å². The van der Waals surface area contributed by atoms with Gasteiger partial charge in [-0.3, -0.25) is 0 Å². The van der Waals surface area contributed by atoms with Crippen molar-refractivity contribution in [1.29, 1.82) is 0 Å². The van der Waals surface area contributed by atoms with Crippen LogP contribution in [0.15, 0.2) is 10.3 Å². The number of carbonyl (C=O) groups is 1. The summed E-state index contributed by atoms with van der Waals surface area (Å²) in [6.45, 7) is 2.08. The minimum atomic E-state index is -0.492. The van der Waals surface area contributed by atoms with Crippen LogP contribution in [0, 0.1) is 0 Å². The lowest BCUT2D eigenvalue weighted by molar-refractivity contribution is 0.114. The van der Waals surface area contributed by atoms with Gasteiger partial charge >= 0.3 is 6.09 Å². The Bertz CT molecular complexity index is 135. The molecule has 0 saturated carbocycles. The molecular formula is C5H11N3O2. The molecule has 1 amide bonds.